The molecule has 3 nitrogen and oxygen atoms in total. The predicted molar refractivity (Wildman–Crippen MR) is 101 cm³/mol. The minimum absolute atomic E-state index is 0.0725. The van der Waals surface area contributed by atoms with E-state index in [4.69, 9.17) is 16.3 Å². The number of piperidine rings is 1. The van der Waals surface area contributed by atoms with Crippen molar-refractivity contribution in [2.24, 2.45) is 5.92 Å². The zero-order valence-electron chi connectivity index (χ0n) is 13.1. The van der Waals surface area contributed by atoms with E-state index in [1.165, 1.54) is 12.0 Å². The molecule has 0 spiro atoms. The minimum Gasteiger partial charge on any atom is -0.461 e. The van der Waals surface area contributed by atoms with Gasteiger partial charge >= 0.3 is 5.97 Å². The maximum absolute atomic E-state index is 12.7. The maximum atomic E-state index is 12.7. The van der Waals surface area contributed by atoms with Crippen LogP contribution < -0.4 is 0 Å². The summed E-state index contributed by atoms with van der Waals surface area (Å²) in [6.07, 6.45) is 5.12. The number of fused-ring (bicyclic) bond motifs is 2. The van der Waals surface area contributed by atoms with Crippen LogP contribution in [-0.4, -0.2) is 36.6 Å². The Labute approximate surface area is 156 Å². The second-order valence-corrected chi connectivity index (χ2v) is 7.53. The molecular formula is C18H21ClINO2. The third kappa shape index (κ3) is 3.59. The number of halogens is 2. The summed E-state index contributed by atoms with van der Waals surface area (Å²) in [5, 5.41) is 0.732. The third-order valence-electron chi connectivity index (χ3n) is 5.25. The molecule has 124 valence electrons. The van der Waals surface area contributed by atoms with Crippen molar-refractivity contribution in [2.45, 2.75) is 37.3 Å². The second-order valence-electron chi connectivity index (χ2n) is 6.38. The van der Waals surface area contributed by atoms with Gasteiger partial charge in [0.05, 0.1) is 5.92 Å². The first-order valence-electron chi connectivity index (χ1n) is 8.01. The molecule has 0 N–H and O–H groups in total. The van der Waals surface area contributed by atoms with E-state index < -0.39 is 0 Å². The summed E-state index contributed by atoms with van der Waals surface area (Å²) in [6.45, 7) is 0.353. The molecule has 0 aromatic heterocycles. The fourth-order valence-electron chi connectivity index (χ4n) is 4.10. The average molecular weight is 446 g/mol. The first-order chi connectivity index (χ1) is 11.1. The predicted octanol–water partition coefficient (Wildman–Crippen LogP) is 4.40. The molecule has 2 fully saturated rings. The fraction of sp³-hybridized carbons (Fsp3) is 0.500. The monoisotopic (exact) mass is 445 g/mol. The average Bonchev–Trinajstić information content (AvgIpc) is 2.78. The Morgan fingerprint density at radius 2 is 2.13 bits per heavy atom. The normalized spacial score (nSPS) is 30.7. The van der Waals surface area contributed by atoms with Crippen LogP contribution in [0.2, 0.25) is 5.02 Å². The summed E-state index contributed by atoms with van der Waals surface area (Å²) in [7, 11) is 2.14. The number of rotatable bonds is 4. The van der Waals surface area contributed by atoms with Crippen LogP contribution in [0.25, 0.3) is 0 Å². The van der Waals surface area contributed by atoms with Crippen LogP contribution in [0.3, 0.4) is 0 Å². The van der Waals surface area contributed by atoms with Crippen molar-refractivity contribution in [3.63, 3.8) is 0 Å². The highest BCUT2D eigenvalue weighted by molar-refractivity contribution is 14.1. The molecule has 2 bridgehead atoms. The first kappa shape index (κ1) is 17.2. The van der Waals surface area contributed by atoms with E-state index in [1.807, 2.05) is 22.3 Å². The van der Waals surface area contributed by atoms with Crippen LogP contribution in [0.5, 0.6) is 0 Å². The number of nitrogens with zero attached hydrogens (tertiary/aromatic N) is 1. The topological polar surface area (TPSA) is 29.5 Å². The van der Waals surface area contributed by atoms with Gasteiger partial charge in [0.2, 0.25) is 0 Å². The quantitative estimate of drug-likeness (QED) is 0.508. The zero-order chi connectivity index (χ0) is 16.4. The lowest BCUT2D eigenvalue weighted by molar-refractivity contribution is -0.152. The van der Waals surface area contributed by atoms with Crippen molar-refractivity contribution in [1.82, 2.24) is 4.90 Å². The Hall–Kier alpha value is -0.590. The molecular weight excluding hydrogens is 425 g/mol. The molecule has 2 aliphatic heterocycles. The lowest BCUT2D eigenvalue weighted by Gasteiger charge is -2.41. The molecule has 1 aromatic rings. The van der Waals surface area contributed by atoms with Gasteiger partial charge in [0.15, 0.2) is 0 Å². The van der Waals surface area contributed by atoms with Gasteiger partial charge in [0.25, 0.3) is 0 Å². The summed E-state index contributed by atoms with van der Waals surface area (Å²) in [5.74, 6) is 0.0521. The number of hydrogen-bond acceptors (Lipinski definition) is 3. The minimum atomic E-state index is -0.0949. The summed E-state index contributed by atoms with van der Waals surface area (Å²) < 4.78 is 7.39. The number of carbonyl (C=O) groups excluding carboxylic acids is 1. The summed E-state index contributed by atoms with van der Waals surface area (Å²) in [6, 6.07) is 8.80. The molecule has 2 heterocycles. The van der Waals surface area contributed by atoms with E-state index in [0.717, 1.165) is 17.9 Å². The molecule has 4 atom stereocenters. The number of hydrogen-bond donors (Lipinski definition) is 0. The molecule has 2 saturated heterocycles. The third-order valence-corrected chi connectivity index (χ3v) is 6.01. The van der Waals surface area contributed by atoms with Crippen LogP contribution in [0, 0.1) is 5.92 Å². The maximum Gasteiger partial charge on any atom is 0.311 e. The van der Waals surface area contributed by atoms with E-state index in [9.17, 15) is 4.79 Å². The van der Waals surface area contributed by atoms with Gasteiger partial charge in [-0.3, -0.25) is 9.69 Å². The first-order valence-corrected chi connectivity index (χ1v) is 9.63. The van der Waals surface area contributed by atoms with Gasteiger partial charge in [0.1, 0.15) is 6.61 Å². The van der Waals surface area contributed by atoms with Crippen LogP contribution >= 0.6 is 34.2 Å². The van der Waals surface area contributed by atoms with Crippen LogP contribution in [0.1, 0.15) is 30.7 Å². The number of carbonyl (C=O) groups is 1. The molecule has 0 amide bonds. The van der Waals surface area contributed by atoms with E-state index in [2.05, 4.69) is 46.7 Å². The Balaban J connectivity index is 1.86. The van der Waals surface area contributed by atoms with Gasteiger partial charge in [0, 0.05) is 23.0 Å². The highest BCUT2D eigenvalue weighted by Gasteiger charge is 2.49. The number of benzene rings is 1. The molecule has 3 rings (SSSR count). The molecule has 1 aromatic carbocycles. The number of ether oxygens (including phenoxy) is 1. The van der Waals surface area contributed by atoms with Crippen LogP contribution in [0.15, 0.2) is 34.4 Å². The van der Waals surface area contributed by atoms with E-state index in [0.29, 0.717) is 12.6 Å². The Bertz CT molecular complexity index is 589. The summed E-state index contributed by atoms with van der Waals surface area (Å²) >= 11 is 8.15. The van der Waals surface area contributed by atoms with Crippen molar-refractivity contribution in [1.29, 1.82) is 0 Å². The van der Waals surface area contributed by atoms with Crippen LogP contribution in [0.4, 0.5) is 0 Å². The van der Waals surface area contributed by atoms with Gasteiger partial charge in [-0.15, -0.1) is 0 Å². The molecule has 0 radical (unpaired) electrons. The van der Waals surface area contributed by atoms with Gasteiger partial charge in [-0.2, -0.15) is 0 Å². The fourth-order valence-corrected chi connectivity index (χ4v) is 4.44. The van der Waals surface area contributed by atoms with Crippen molar-refractivity contribution in [3.8, 4) is 0 Å². The second kappa shape index (κ2) is 7.53. The molecule has 2 aliphatic rings. The lowest BCUT2D eigenvalue weighted by atomic mass is 9.76. The van der Waals surface area contributed by atoms with Gasteiger partial charge in [-0.25, -0.2) is 0 Å². The van der Waals surface area contributed by atoms with Crippen molar-refractivity contribution < 1.29 is 9.53 Å². The lowest BCUT2D eigenvalue weighted by Crippen LogP contribution is -2.49. The zero-order valence-corrected chi connectivity index (χ0v) is 16.0. The molecule has 4 unspecified atom stereocenters. The summed E-state index contributed by atoms with van der Waals surface area (Å²) in [5.41, 5.74) is 1.20. The standard InChI is InChI=1S/C18H21ClINO2/c1-21-14-7-8-16(21)17(18(22)23-10-2-9-20)15(11-14)12-3-5-13(19)6-4-12/h2-6,9,14-17H,7-8,10-11H2,1H3/b9-2-. The highest BCUT2D eigenvalue weighted by atomic mass is 127. The molecule has 0 aliphatic carbocycles. The smallest absolute Gasteiger partial charge is 0.311 e. The SMILES string of the molecule is CN1C2CCC1C(C(=O)OC/C=C\I)C(c1ccc(Cl)cc1)C2. The van der Waals surface area contributed by atoms with Gasteiger partial charge in [-0.1, -0.05) is 46.3 Å². The Morgan fingerprint density at radius 3 is 2.83 bits per heavy atom. The van der Waals surface area contributed by atoms with Gasteiger partial charge in [-0.05, 0) is 54.2 Å². The molecule has 0 saturated carbocycles. The Morgan fingerprint density at radius 1 is 1.39 bits per heavy atom. The van der Waals surface area contributed by atoms with E-state index in [1.54, 1.807) is 0 Å². The molecule has 23 heavy (non-hydrogen) atoms. The Kier molecular flexibility index (Phi) is 5.65. The molecule has 5 heteroatoms. The van der Waals surface area contributed by atoms with E-state index >= 15 is 0 Å². The largest absolute Gasteiger partial charge is 0.461 e. The summed E-state index contributed by atoms with van der Waals surface area (Å²) in [4.78, 5) is 15.1. The van der Waals surface area contributed by atoms with Crippen molar-refractivity contribution in [2.75, 3.05) is 13.7 Å². The van der Waals surface area contributed by atoms with Crippen LogP contribution in [-0.2, 0) is 9.53 Å². The van der Waals surface area contributed by atoms with Crippen molar-refractivity contribution in [3.05, 3.63) is 45.0 Å². The van der Waals surface area contributed by atoms with E-state index in [-0.39, 0.29) is 23.8 Å². The van der Waals surface area contributed by atoms with Crippen molar-refractivity contribution >= 4 is 40.2 Å². The number of esters is 1. The van der Waals surface area contributed by atoms with Gasteiger partial charge < -0.3 is 4.74 Å². The highest BCUT2D eigenvalue weighted by Crippen LogP contribution is 2.46.